The molecule has 0 saturated carbocycles. The lowest BCUT2D eigenvalue weighted by atomic mass is 10.0. The predicted octanol–water partition coefficient (Wildman–Crippen LogP) is 0.710. The Morgan fingerprint density at radius 3 is 3.10 bits per heavy atom. The molecule has 104 valence electrons. The molecule has 1 aromatic carbocycles. The van der Waals surface area contributed by atoms with Crippen LogP contribution in [0.2, 0.25) is 0 Å². The lowest BCUT2D eigenvalue weighted by Crippen LogP contribution is -2.54. The van der Waals surface area contributed by atoms with Crippen molar-refractivity contribution < 1.29 is 9.59 Å². The van der Waals surface area contributed by atoms with Gasteiger partial charge in [0.1, 0.15) is 6.04 Å². The molecule has 1 amide bonds. The first-order valence-corrected chi connectivity index (χ1v) is 6.79. The smallest absolute Gasteiger partial charge is 0.210 e. The molecule has 2 N–H and O–H groups in total. The van der Waals surface area contributed by atoms with Crippen molar-refractivity contribution in [3.8, 4) is 0 Å². The highest BCUT2D eigenvalue weighted by Gasteiger charge is 2.27. The normalized spacial score (nSPS) is 19.2. The number of aromatic amines is 1. The van der Waals surface area contributed by atoms with E-state index in [-0.39, 0.29) is 11.8 Å². The van der Waals surface area contributed by atoms with E-state index in [1.807, 2.05) is 30.5 Å². The number of fused-ring (bicyclic) bond motifs is 1. The first-order valence-electron chi connectivity index (χ1n) is 6.79. The second-order valence-corrected chi connectivity index (χ2v) is 5.07. The molecule has 0 spiro atoms. The Kier molecular flexibility index (Phi) is 3.52. The molecule has 1 aromatic heterocycles. The van der Waals surface area contributed by atoms with Gasteiger partial charge >= 0.3 is 0 Å². The first-order chi connectivity index (χ1) is 9.79. The van der Waals surface area contributed by atoms with Crippen LogP contribution < -0.4 is 5.32 Å². The van der Waals surface area contributed by atoms with Gasteiger partial charge in [-0.1, -0.05) is 18.2 Å². The number of rotatable bonds is 4. The zero-order valence-electron chi connectivity index (χ0n) is 11.1. The number of benzene rings is 1. The number of nitrogens with one attached hydrogen (secondary N) is 2. The Labute approximate surface area is 117 Å². The SMILES string of the molecule is O=CN1CCNCC1C(=O)Cc1c[nH]c2ccccc12. The van der Waals surface area contributed by atoms with Gasteiger partial charge in [0.15, 0.2) is 5.78 Å². The van der Waals surface area contributed by atoms with Crippen molar-refractivity contribution in [3.05, 3.63) is 36.0 Å². The molecule has 20 heavy (non-hydrogen) atoms. The van der Waals surface area contributed by atoms with Crippen LogP contribution in [-0.2, 0) is 16.0 Å². The Balaban J connectivity index is 1.79. The minimum absolute atomic E-state index is 0.0778. The van der Waals surface area contributed by atoms with Crippen molar-refractivity contribution in [2.75, 3.05) is 19.6 Å². The van der Waals surface area contributed by atoms with Gasteiger partial charge in [-0.05, 0) is 11.6 Å². The molecule has 3 rings (SSSR count). The molecule has 5 heteroatoms. The van der Waals surface area contributed by atoms with Crippen molar-refractivity contribution in [2.24, 2.45) is 0 Å². The van der Waals surface area contributed by atoms with E-state index in [2.05, 4.69) is 10.3 Å². The number of hydrogen-bond acceptors (Lipinski definition) is 3. The van der Waals surface area contributed by atoms with E-state index in [4.69, 9.17) is 0 Å². The number of carbonyl (C=O) groups excluding carboxylic acids is 2. The van der Waals surface area contributed by atoms with Crippen LogP contribution in [-0.4, -0.2) is 47.8 Å². The summed E-state index contributed by atoms with van der Waals surface area (Å²) in [6.07, 6.45) is 3.00. The second-order valence-electron chi connectivity index (χ2n) is 5.07. The van der Waals surface area contributed by atoms with Gasteiger partial charge in [-0.2, -0.15) is 0 Å². The van der Waals surface area contributed by atoms with Crippen LogP contribution >= 0.6 is 0 Å². The highest BCUT2D eigenvalue weighted by molar-refractivity contribution is 5.93. The summed E-state index contributed by atoms with van der Waals surface area (Å²) in [4.78, 5) is 28.2. The standard InChI is InChI=1S/C15H17N3O2/c19-10-18-6-5-16-9-14(18)15(20)7-11-8-17-13-4-2-1-3-12(11)13/h1-4,8,10,14,16-17H,5-7,9H2. The molecule has 5 nitrogen and oxygen atoms in total. The molecular weight excluding hydrogens is 254 g/mol. The molecule has 1 atom stereocenters. The van der Waals surface area contributed by atoms with E-state index in [0.717, 1.165) is 29.4 Å². The summed E-state index contributed by atoms with van der Waals surface area (Å²) >= 11 is 0. The van der Waals surface area contributed by atoms with Gasteiger partial charge in [-0.25, -0.2) is 0 Å². The van der Waals surface area contributed by atoms with E-state index < -0.39 is 0 Å². The number of H-pyrrole nitrogens is 1. The fraction of sp³-hybridized carbons (Fsp3) is 0.333. The third-order valence-electron chi connectivity index (χ3n) is 3.83. The predicted molar refractivity (Wildman–Crippen MR) is 76.4 cm³/mol. The Hall–Kier alpha value is -2.14. The number of carbonyl (C=O) groups is 2. The Morgan fingerprint density at radius 1 is 1.40 bits per heavy atom. The van der Waals surface area contributed by atoms with Crippen molar-refractivity contribution in [1.29, 1.82) is 0 Å². The fourth-order valence-electron chi connectivity index (χ4n) is 2.73. The van der Waals surface area contributed by atoms with Gasteiger partial charge in [-0.3, -0.25) is 9.59 Å². The van der Waals surface area contributed by atoms with Gasteiger partial charge in [0.05, 0.1) is 0 Å². The minimum Gasteiger partial charge on any atom is -0.361 e. The van der Waals surface area contributed by atoms with Crippen molar-refractivity contribution in [1.82, 2.24) is 15.2 Å². The fourth-order valence-corrected chi connectivity index (χ4v) is 2.73. The van der Waals surface area contributed by atoms with Gasteiger partial charge in [0.25, 0.3) is 0 Å². The van der Waals surface area contributed by atoms with E-state index in [9.17, 15) is 9.59 Å². The lowest BCUT2D eigenvalue weighted by molar-refractivity contribution is -0.132. The van der Waals surface area contributed by atoms with Crippen LogP contribution in [0.15, 0.2) is 30.5 Å². The molecular formula is C15H17N3O2. The molecule has 2 aromatic rings. The summed E-state index contributed by atoms with van der Waals surface area (Å²) in [5.41, 5.74) is 2.02. The molecule has 1 saturated heterocycles. The number of hydrogen-bond donors (Lipinski definition) is 2. The molecule has 0 bridgehead atoms. The monoisotopic (exact) mass is 271 g/mol. The highest BCUT2D eigenvalue weighted by Crippen LogP contribution is 2.19. The third kappa shape index (κ3) is 2.32. The number of para-hydroxylation sites is 1. The molecule has 1 fully saturated rings. The van der Waals surface area contributed by atoms with Gasteiger partial charge in [0, 0.05) is 43.2 Å². The molecule has 0 radical (unpaired) electrons. The van der Waals surface area contributed by atoms with Crippen LogP contribution in [0, 0.1) is 0 Å². The summed E-state index contributed by atoms with van der Waals surface area (Å²) < 4.78 is 0. The number of nitrogens with zero attached hydrogens (tertiary/aromatic N) is 1. The van der Waals surface area contributed by atoms with Crippen LogP contribution in [0.25, 0.3) is 10.9 Å². The largest absolute Gasteiger partial charge is 0.361 e. The molecule has 1 aliphatic rings. The van der Waals surface area contributed by atoms with Gasteiger partial charge in [-0.15, -0.1) is 0 Å². The maximum atomic E-state index is 12.4. The first kappa shape index (κ1) is 12.9. The summed E-state index contributed by atoms with van der Waals surface area (Å²) in [6.45, 7) is 1.88. The average molecular weight is 271 g/mol. The van der Waals surface area contributed by atoms with Crippen LogP contribution in [0.5, 0.6) is 0 Å². The van der Waals surface area contributed by atoms with E-state index >= 15 is 0 Å². The summed E-state index contributed by atoms with van der Waals surface area (Å²) in [5, 5.41) is 4.24. The number of Topliss-reactive ketones (excluding diaryl/α,β-unsaturated/α-hetero) is 1. The number of aromatic nitrogens is 1. The van der Waals surface area contributed by atoms with Crippen molar-refractivity contribution >= 4 is 23.1 Å². The maximum Gasteiger partial charge on any atom is 0.210 e. The van der Waals surface area contributed by atoms with Crippen LogP contribution in [0.4, 0.5) is 0 Å². The zero-order valence-corrected chi connectivity index (χ0v) is 11.1. The van der Waals surface area contributed by atoms with E-state index in [0.29, 0.717) is 19.5 Å². The van der Waals surface area contributed by atoms with Crippen LogP contribution in [0.1, 0.15) is 5.56 Å². The van der Waals surface area contributed by atoms with Crippen molar-refractivity contribution in [2.45, 2.75) is 12.5 Å². The molecule has 2 heterocycles. The number of piperazine rings is 1. The molecule has 1 aliphatic heterocycles. The van der Waals surface area contributed by atoms with E-state index in [1.165, 1.54) is 0 Å². The van der Waals surface area contributed by atoms with E-state index in [1.54, 1.807) is 4.90 Å². The summed E-state index contributed by atoms with van der Waals surface area (Å²) in [6, 6.07) is 7.57. The number of amides is 1. The maximum absolute atomic E-state index is 12.4. The molecule has 1 unspecified atom stereocenters. The topological polar surface area (TPSA) is 65.2 Å². The Bertz CT molecular complexity index is 635. The van der Waals surface area contributed by atoms with Crippen molar-refractivity contribution in [3.63, 3.8) is 0 Å². The average Bonchev–Trinajstić information content (AvgIpc) is 2.90. The molecule has 0 aliphatic carbocycles. The third-order valence-corrected chi connectivity index (χ3v) is 3.83. The quantitative estimate of drug-likeness (QED) is 0.805. The second kappa shape index (κ2) is 5.46. The minimum atomic E-state index is -0.352. The summed E-state index contributed by atoms with van der Waals surface area (Å²) in [5.74, 6) is 0.0778. The van der Waals surface area contributed by atoms with Crippen LogP contribution in [0.3, 0.4) is 0 Å². The lowest BCUT2D eigenvalue weighted by Gasteiger charge is -2.32. The van der Waals surface area contributed by atoms with Gasteiger partial charge in [0.2, 0.25) is 6.41 Å². The highest BCUT2D eigenvalue weighted by atomic mass is 16.1. The Morgan fingerprint density at radius 2 is 2.25 bits per heavy atom. The van der Waals surface area contributed by atoms with Gasteiger partial charge < -0.3 is 15.2 Å². The zero-order chi connectivity index (χ0) is 13.9. The number of ketones is 1. The summed E-state index contributed by atoms with van der Waals surface area (Å²) in [7, 11) is 0.